The molecule has 3 nitrogen and oxygen atoms in total. The number of halogens is 3. The van der Waals surface area contributed by atoms with E-state index in [1.807, 2.05) is 0 Å². The van der Waals surface area contributed by atoms with E-state index in [9.17, 15) is 23.1 Å². The van der Waals surface area contributed by atoms with E-state index < -0.39 is 17.2 Å². The second-order valence-corrected chi connectivity index (χ2v) is 6.54. The highest BCUT2D eigenvalue weighted by Crippen LogP contribution is 2.46. The van der Waals surface area contributed by atoms with Crippen LogP contribution in [0.1, 0.15) is 43.2 Å². The fourth-order valence-electron chi connectivity index (χ4n) is 3.52. The monoisotopic (exact) mass is 327 g/mol. The fraction of sp³-hybridized carbons (Fsp3) is 0.588. The minimum absolute atomic E-state index is 0.0880. The van der Waals surface area contributed by atoms with E-state index in [2.05, 4.69) is 0 Å². The van der Waals surface area contributed by atoms with Crippen molar-refractivity contribution in [2.75, 3.05) is 13.1 Å². The summed E-state index contributed by atoms with van der Waals surface area (Å²) in [6.45, 7) is 0.946. The van der Waals surface area contributed by atoms with E-state index in [4.69, 9.17) is 0 Å². The summed E-state index contributed by atoms with van der Waals surface area (Å²) in [5.41, 5.74) is -1.05. The van der Waals surface area contributed by atoms with Crippen LogP contribution in [0.3, 0.4) is 0 Å². The number of benzene rings is 1. The van der Waals surface area contributed by atoms with E-state index >= 15 is 0 Å². The van der Waals surface area contributed by atoms with E-state index in [1.165, 1.54) is 6.07 Å². The molecule has 2 fully saturated rings. The Kier molecular flexibility index (Phi) is 4.12. The van der Waals surface area contributed by atoms with Gasteiger partial charge in [-0.1, -0.05) is 24.6 Å². The predicted molar refractivity (Wildman–Crippen MR) is 78.8 cm³/mol. The zero-order valence-corrected chi connectivity index (χ0v) is 12.8. The quantitative estimate of drug-likeness (QED) is 0.907. The van der Waals surface area contributed by atoms with Crippen LogP contribution in [0.15, 0.2) is 24.3 Å². The van der Waals surface area contributed by atoms with E-state index in [0.717, 1.165) is 18.6 Å². The molecule has 6 heteroatoms. The third-order valence-corrected chi connectivity index (χ3v) is 5.11. The number of aliphatic hydroxyl groups is 1. The number of rotatable bonds is 2. The number of piperidine rings is 1. The van der Waals surface area contributed by atoms with Crippen molar-refractivity contribution in [3.63, 3.8) is 0 Å². The lowest BCUT2D eigenvalue weighted by Crippen LogP contribution is -2.53. The van der Waals surface area contributed by atoms with Gasteiger partial charge in [-0.15, -0.1) is 0 Å². The molecule has 2 aliphatic rings. The maximum Gasteiger partial charge on any atom is 0.416 e. The second kappa shape index (κ2) is 5.82. The number of carbonyl (C=O) groups is 1. The molecule has 1 N–H and O–H groups in total. The average Bonchev–Trinajstić information content (AvgIpc) is 2.46. The van der Waals surface area contributed by atoms with Crippen molar-refractivity contribution in [2.45, 2.75) is 49.8 Å². The molecule has 0 unspecified atom stereocenters. The number of alkyl halides is 3. The summed E-state index contributed by atoms with van der Waals surface area (Å²) in [5, 5.41) is 9.56. The molecule has 0 atom stereocenters. The molecule has 0 spiro atoms. The van der Waals surface area contributed by atoms with E-state index in [0.29, 0.717) is 44.3 Å². The van der Waals surface area contributed by atoms with Crippen molar-refractivity contribution in [1.29, 1.82) is 0 Å². The summed E-state index contributed by atoms with van der Waals surface area (Å²) in [5.74, 6) is -0.0880. The number of nitrogens with zero attached hydrogens (tertiary/aromatic N) is 1. The lowest BCUT2D eigenvalue weighted by molar-refractivity contribution is -0.143. The van der Waals surface area contributed by atoms with Crippen LogP contribution in [0.2, 0.25) is 0 Å². The first-order valence-electron chi connectivity index (χ1n) is 7.98. The van der Waals surface area contributed by atoms with Gasteiger partial charge in [-0.25, -0.2) is 0 Å². The van der Waals surface area contributed by atoms with Gasteiger partial charge in [0.2, 0.25) is 5.91 Å². The van der Waals surface area contributed by atoms with E-state index in [-0.39, 0.29) is 12.0 Å². The summed E-state index contributed by atoms with van der Waals surface area (Å²) < 4.78 is 38.9. The molecule has 0 bridgehead atoms. The number of hydrogen-bond acceptors (Lipinski definition) is 2. The SMILES string of the molecule is O=C(N1CCC(O)CC1)C1(c2cccc(C(F)(F)F)c2)CCC1. The maximum atomic E-state index is 13.0. The summed E-state index contributed by atoms with van der Waals surface area (Å²) in [6, 6.07) is 5.17. The van der Waals surface area contributed by atoms with Crippen LogP contribution in [0.25, 0.3) is 0 Å². The largest absolute Gasteiger partial charge is 0.416 e. The third-order valence-electron chi connectivity index (χ3n) is 5.11. The Morgan fingerprint density at radius 2 is 1.87 bits per heavy atom. The Morgan fingerprint density at radius 1 is 1.22 bits per heavy atom. The van der Waals surface area contributed by atoms with Gasteiger partial charge in [0.25, 0.3) is 0 Å². The fourth-order valence-corrected chi connectivity index (χ4v) is 3.52. The van der Waals surface area contributed by atoms with Crippen LogP contribution in [-0.2, 0) is 16.4 Å². The zero-order chi connectivity index (χ0) is 16.7. The van der Waals surface area contributed by atoms with Gasteiger partial charge in [0, 0.05) is 13.1 Å². The van der Waals surface area contributed by atoms with Gasteiger partial charge in [0.15, 0.2) is 0 Å². The Balaban J connectivity index is 1.88. The van der Waals surface area contributed by atoms with Crippen LogP contribution < -0.4 is 0 Å². The lowest BCUT2D eigenvalue weighted by Gasteiger charge is -2.45. The first-order valence-corrected chi connectivity index (χ1v) is 7.98. The molecule has 1 aromatic carbocycles. The minimum Gasteiger partial charge on any atom is -0.393 e. The Hall–Kier alpha value is -1.56. The molecule has 1 saturated carbocycles. The molecule has 1 aliphatic heterocycles. The molecular weight excluding hydrogens is 307 g/mol. The first kappa shape index (κ1) is 16.3. The van der Waals surface area contributed by atoms with Crippen molar-refractivity contribution in [2.24, 2.45) is 0 Å². The summed E-state index contributed by atoms with van der Waals surface area (Å²) >= 11 is 0. The van der Waals surface area contributed by atoms with Gasteiger partial charge in [-0.05, 0) is 37.3 Å². The number of hydrogen-bond donors (Lipinski definition) is 1. The highest BCUT2D eigenvalue weighted by Gasteiger charge is 2.48. The molecule has 1 heterocycles. The lowest BCUT2D eigenvalue weighted by atomic mass is 9.63. The van der Waals surface area contributed by atoms with Gasteiger partial charge in [-0.2, -0.15) is 13.2 Å². The molecule has 1 aromatic rings. The van der Waals surface area contributed by atoms with Crippen molar-refractivity contribution in [1.82, 2.24) is 4.90 Å². The van der Waals surface area contributed by atoms with Crippen molar-refractivity contribution < 1.29 is 23.1 Å². The molecule has 1 saturated heterocycles. The third kappa shape index (κ3) is 2.96. The predicted octanol–water partition coefficient (Wildman–Crippen LogP) is 3.11. The standard InChI is InChI=1S/C17H20F3NO2/c18-17(19,20)13-4-1-3-12(11-13)16(7-2-8-16)15(23)21-9-5-14(22)6-10-21/h1,3-4,11,14,22H,2,5-10H2. The number of amides is 1. The molecular formula is C17H20F3NO2. The van der Waals surface area contributed by atoms with Crippen LogP contribution >= 0.6 is 0 Å². The zero-order valence-electron chi connectivity index (χ0n) is 12.8. The van der Waals surface area contributed by atoms with Crippen molar-refractivity contribution in [3.05, 3.63) is 35.4 Å². The smallest absolute Gasteiger partial charge is 0.393 e. The van der Waals surface area contributed by atoms with Gasteiger partial charge in [0.05, 0.1) is 17.1 Å². The van der Waals surface area contributed by atoms with Gasteiger partial charge in [-0.3, -0.25) is 4.79 Å². The Labute approximate surface area is 133 Å². The molecule has 23 heavy (non-hydrogen) atoms. The number of likely N-dealkylation sites (tertiary alicyclic amines) is 1. The molecule has 1 aliphatic carbocycles. The molecule has 126 valence electrons. The highest BCUT2D eigenvalue weighted by molar-refractivity contribution is 5.89. The molecule has 3 rings (SSSR count). The average molecular weight is 327 g/mol. The van der Waals surface area contributed by atoms with Crippen LogP contribution in [-0.4, -0.2) is 35.1 Å². The van der Waals surface area contributed by atoms with Crippen LogP contribution in [0.4, 0.5) is 13.2 Å². The number of aliphatic hydroxyl groups excluding tert-OH is 1. The number of carbonyl (C=O) groups excluding carboxylic acids is 1. The summed E-state index contributed by atoms with van der Waals surface area (Å²) in [7, 11) is 0. The van der Waals surface area contributed by atoms with E-state index in [1.54, 1.807) is 11.0 Å². The van der Waals surface area contributed by atoms with Gasteiger partial charge >= 0.3 is 6.18 Å². The summed E-state index contributed by atoms with van der Waals surface area (Å²) in [4.78, 5) is 14.6. The van der Waals surface area contributed by atoms with Crippen LogP contribution in [0, 0.1) is 0 Å². The topological polar surface area (TPSA) is 40.5 Å². The highest BCUT2D eigenvalue weighted by atomic mass is 19.4. The van der Waals surface area contributed by atoms with Crippen molar-refractivity contribution in [3.8, 4) is 0 Å². The maximum absolute atomic E-state index is 13.0. The molecule has 1 amide bonds. The van der Waals surface area contributed by atoms with Crippen molar-refractivity contribution >= 4 is 5.91 Å². The second-order valence-electron chi connectivity index (χ2n) is 6.54. The van der Waals surface area contributed by atoms with Gasteiger partial charge < -0.3 is 10.0 Å². The molecule has 0 radical (unpaired) electrons. The first-order chi connectivity index (χ1) is 10.8. The normalized spacial score (nSPS) is 21.8. The Morgan fingerprint density at radius 3 is 2.39 bits per heavy atom. The van der Waals surface area contributed by atoms with Crippen LogP contribution in [0.5, 0.6) is 0 Å². The Bertz CT molecular complexity index is 588. The van der Waals surface area contributed by atoms with Gasteiger partial charge in [0.1, 0.15) is 0 Å². The summed E-state index contributed by atoms with van der Waals surface area (Å²) in [6.07, 6.45) is -1.70. The minimum atomic E-state index is -4.40. The molecule has 0 aromatic heterocycles.